The number of carbonyl (C=O) groups excluding carboxylic acids is 1. The standard InChI is InChI=1S/C11H6BrClN2O3S/c12-6-2-1-5(13)3-7(6)14-9(16)8-4-19-10(15-8)11(17)18/h1-4H,(H,14,16)(H,17,18). The molecule has 0 bridgehead atoms. The summed E-state index contributed by atoms with van der Waals surface area (Å²) in [5.41, 5.74) is 0.539. The van der Waals surface area contributed by atoms with Gasteiger partial charge < -0.3 is 10.4 Å². The van der Waals surface area contributed by atoms with Crippen LogP contribution in [0.5, 0.6) is 0 Å². The highest BCUT2D eigenvalue weighted by Gasteiger charge is 2.15. The van der Waals surface area contributed by atoms with Crippen LogP contribution < -0.4 is 5.32 Å². The molecule has 2 aromatic rings. The van der Waals surface area contributed by atoms with Gasteiger partial charge in [-0.15, -0.1) is 11.3 Å². The van der Waals surface area contributed by atoms with Gasteiger partial charge in [-0.3, -0.25) is 4.79 Å². The van der Waals surface area contributed by atoms with Crippen molar-refractivity contribution in [1.29, 1.82) is 0 Å². The minimum Gasteiger partial charge on any atom is -0.476 e. The summed E-state index contributed by atoms with van der Waals surface area (Å²) in [5.74, 6) is -1.65. The van der Waals surface area contributed by atoms with Crippen LogP contribution in [-0.4, -0.2) is 22.0 Å². The number of carboxylic acids is 1. The molecule has 8 heteroatoms. The smallest absolute Gasteiger partial charge is 0.365 e. The van der Waals surface area contributed by atoms with Crippen molar-refractivity contribution in [1.82, 2.24) is 4.98 Å². The van der Waals surface area contributed by atoms with Crippen LogP contribution in [0.15, 0.2) is 28.1 Å². The van der Waals surface area contributed by atoms with E-state index in [0.717, 1.165) is 11.3 Å². The molecule has 0 atom stereocenters. The van der Waals surface area contributed by atoms with E-state index in [1.54, 1.807) is 18.2 Å². The number of aromatic carboxylic acids is 1. The van der Waals surface area contributed by atoms with E-state index in [9.17, 15) is 9.59 Å². The number of anilines is 1. The van der Waals surface area contributed by atoms with Crippen molar-refractivity contribution >= 4 is 56.4 Å². The number of rotatable bonds is 3. The minimum atomic E-state index is -1.16. The molecule has 5 nitrogen and oxygen atoms in total. The molecule has 0 fully saturated rings. The molecule has 0 aliphatic rings. The van der Waals surface area contributed by atoms with Crippen molar-refractivity contribution in [2.75, 3.05) is 5.32 Å². The van der Waals surface area contributed by atoms with Crippen molar-refractivity contribution in [3.8, 4) is 0 Å². The fourth-order valence-corrected chi connectivity index (χ4v) is 2.41. The van der Waals surface area contributed by atoms with E-state index in [4.69, 9.17) is 16.7 Å². The normalized spacial score (nSPS) is 10.2. The van der Waals surface area contributed by atoms with Gasteiger partial charge in [0.2, 0.25) is 5.01 Å². The molecular weight excluding hydrogens is 356 g/mol. The summed E-state index contributed by atoms with van der Waals surface area (Å²) in [5, 5.41) is 13.1. The quantitative estimate of drug-likeness (QED) is 0.877. The molecule has 0 aliphatic heterocycles. The summed E-state index contributed by atoms with van der Waals surface area (Å²) < 4.78 is 0.666. The zero-order valence-electron chi connectivity index (χ0n) is 9.18. The largest absolute Gasteiger partial charge is 0.476 e. The lowest BCUT2D eigenvalue weighted by molar-refractivity contribution is 0.0696. The molecule has 1 amide bonds. The van der Waals surface area contributed by atoms with E-state index in [2.05, 4.69) is 26.2 Å². The third kappa shape index (κ3) is 3.31. The maximum atomic E-state index is 11.9. The summed E-state index contributed by atoms with van der Waals surface area (Å²) in [7, 11) is 0. The van der Waals surface area contributed by atoms with Crippen molar-refractivity contribution in [3.63, 3.8) is 0 Å². The number of halogens is 2. The van der Waals surface area contributed by atoms with Gasteiger partial charge in [0.1, 0.15) is 5.69 Å². The second kappa shape index (κ2) is 5.68. The number of hydrogen-bond acceptors (Lipinski definition) is 4. The summed E-state index contributed by atoms with van der Waals surface area (Å²) in [6, 6.07) is 4.95. The second-order valence-electron chi connectivity index (χ2n) is 3.42. The maximum absolute atomic E-state index is 11.9. The average molecular weight is 362 g/mol. The number of hydrogen-bond donors (Lipinski definition) is 2. The molecular formula is C11H6BrClN2O3S. The van der Waals surface area contributed by atoms with Crippen LogP contribution in [0.2, 0.25) is 5.02 Å². The van der Waals surface area contributed by atoms with Crippen LogP contribution in [0.25, 0.3) is 0 Å². The summed E-state index contributed by atoms with van der Waals surface area (Å²) in [4.78, 5) is 26.3. The predicted octanol–water partition coefficient (Wildman–Crippen LogP) is 3.51. The van der Waals surface area contributed by atoms with Gasteiger partial charge >= 0.3 is 5.97 Å². The van der Waals surface area contributed by atoms with Crippen LogP contribution in [0.4, 0.5) is 5.69 Å². The Morgan fingerprint density at radius 1 is 1.42 bits per heavy atom. The van der Waals surface area contributed by atoms with Crippen molar-refractivity contribution in [2.45, 2.75) is 0 Å². The Balaban J connectivity index is 2.20. The fourth-order valence-electron chi connectivity index (χ4n) is 1.26. The van der Waals surface area contributed by atoms with Gasteiger partial charge in [-0.25, -0.2) is 9.78 Å². The van der Waals surface area contributed by atoms with E-state index in [-0.39, 0.29) is 10.7 Å². The highest BCUT2D eigenvalue weighted by Crippen LogP contribution is 2.26. The SMILES string of the molecule is O=C(Nc1cc(Cl)ccc1Br)c1csc(C(=O)O)n1. The molecule has 0 spiro atoms. The Morgan fingerprint density at radius 2 is 2.16 bits per heavy atom. The number of nitrogens with one attached hydrogen (secondary N) is 1. The number of nitrogens with zero attached hydrogens (tertiary/aromatic N) is 1. The van der Waals surface area contributed by atoms with Gasteiger partial charge in [0.05, 0.1) is 5.69 Å². The molecule has 1 aromatic carbocycles. The van der Waals surface area contributed by atoms with Gasteiger partial charge in [0, 0.05) is 14.9 Å². The monoisotopic (exact) mass is 360 g/mol. The molecule has 2 rings (SSSR count). The first-order chi connectivity index (χ1) is 8.97. The van der Waals surface area contributed by atoms with E-state index >= 15 is 0 Å². The van der Waals surface area contributed by atoms with Gasteiger partial charge in [0.25, 0.3) is 5.91 Å². The van der Waals surface area contributed by atoms with Crippen molar-refractivity contribution in [2.24, 2.45) is 0 Å². The van der Waals surface area contributed by atoms with Gasteiger partial charge in [-0.05, 0) is 34.1 Å². The number of carbonyl (C=O) groups is 2. The predicted molar refractivity (Wildman–Crippen MR) is 76.2 cm³/mol. The van der Waals surface area contributed by atoms with Gasteiger partial charge in [0.15, 0.2) is 0 Å². The Kier molecular flexibility index (Phi) is 4.18. The molecule has 1 heterocycles. The number of benzene rings is 1. The number of carboxylic acid groups (broad SMARTS) is 1. The molecule has 19 heavy (non-hydrogen) atoms. The van der Waals surface area contributed by atoms with Crippen molar-refractivity contribution < 1.29 is 14.7 Å². The number of amides is 1. The molecule has 0 saturated carbocycles. The molecule has 0 radical (unpaired) electrons. The van der Waals surface area contributed by atoms with Crippen molar-refractivity contribution in [3.05, 3.63) is 43.8 Å². The third-order valence-corrected chi connectivity index (χ3v) is 3.85. The fraction of sp³-hybridized carbons (Fsp3) is 0. The number of aromatic nitrogens is 1. The minimum absolute atomic E-state index is 0.0503. The first-order valence-electron chi connectivity index (χ1n) is 4.92. The Labute approximate surface area is 125 Å². The second-order valence-corrected chi connectivity index (χ2v) is 5.57. The maximum Gasteiger partial charge on any atom is 0.365 e. The van der Waals surface area contributed by atoms with E-state index < -0.39 is 11.9 Å². The van der Waals surface area contributed by atoms with Crippen LogP contribution in [0, 0.1) is 0 Å². The third-order valence-electron chi connectivity index (χ3n) is 2.10. The molecule has 1 aromatic heterocycles. The van der Waals surface area contributed by atoms with Gasteiger partial charge in [-0.2, -0.15) is 0 Å². The Morgan fingerprint density at radius 3 is 2.79 bits per heavy atom. The van der Waals surface area contributed by atoms with Gasteiger partial charge in [-0.1, -0.05) is 11.6 Å². The van der Waals surface area contributed by atoms with E-state index in [1.807, 2.05) is 0 Å². The van der Waals surface area contributed by atoms with Crippen LogP contribution in [0.3, 0.4) is 0 Å². The molecule has 0 aliphatic carbocycles. The lowest BCUT2D eigenvalue weighted by Crippen LogP contribution is -2.13. The molecule has 98 valence electrons. The first-order valence-corrected chi connectivity index (χ1v) is 6.97. The lowest BCUT2D eigenvalue weighted by atomic mass is 10.3. The zero-order valence-corrected chi connectivity index (χ0v) is 12.3. The lowest BCUT2D eigenvalue weighted by Gasteiger charge is -2.06. The summed E-state index contributed by atoms with van der Waals surface area (Å²) >= 11 is 10.00. The zero-order chi connectivity index (χ0) is 14.0. The topological polar surface area (TPSA) is 79.3 Å². The Bertz CT molecular complexity index is 659. The summed E-state index contributed by atoms with van der Waals surface area (Å²) in [6.07, 6.45) is 0. The highest BCUT2D eigenvalue weighted by atomic mass is 79.9. The van der Waals surface area contributed by atoms with Crippen LogP contribution in [-0.2, 0) is 0 Å². The van der Waals surface area contributed by atoms with Crippen LogP contribution in [0.1, 0.15) is 20.3 Å². The average Bonchev–Trinajstić information content (AvgIpc) is 2.83. The van der Waals surface area contributed by atoms with E-state index in [1.165, 1.54) is 5.38 Å². The van der Waals surface area contributed by atoms with Crippen LogP contribution >= 0.6 is 38.9 Å². The highest BCUT2D eigenvalue weighted by molar-refractivity contribution is 9.10. The Hall–Kier alpha value is -1.44. The summed E-state index contributed by atoms with van der Waals surface area (Å²) in [6.45, 7) is 0. The number of thiazole rings is 1. The van der Waals surface area contributed by atoms with E-state index in [0.29, 0.717) is 15.2 Å². The molecule has 0 unspecified atom stereocenters. The molecule has 0 saturated heterocycles. The molecule has 2 N–H and O–H groups in total. The first kappa shape index (κ1) is 14.0.